The van der Waals surface area contributed by atoms with Gasteiger partial charge in [0.05, 0.1) is 11.4 Å². The summed E-state index contributed by atoms with van der Waals surface area (Å²) >= 11 is 7.71. The van der Waals surface area contributed by atoms with Gasteiger partial charge in [-0.15, -0.1) is 11.8 Å². The molecule has 1 atom stereocenters. The Morgan fingerprint density at radius 3 is 2.79 bits per heavy atom. The van der Waals surface area contributed by atoms with Crippen molar-refractivity contribution in [3.8, 4) is 0 Å². The van der Waals surface area contributed by atoms with Gasteiger partial charge in [-0.2, -0.15) is 0 Å². The standard InChI is InChI=1S/C17H23ClN2O3S/c1-17(2)16(22)19-14(11-24-17)15(21)20(8-9-23-3)10-12-6-4-5-7-13(12)18/h4-7,14H,8-11H2,1-3H3,(H,19,22). The van der Waals surface area contributed by atoms with Crippen LogP contribution in [0.1, 0.15) is 19.4 Å². The summed E-state index contributed by atoms with van der Waals surface area (Å²) in [5.74, 6) is 0.341. The van der Waals surface area contributed by atoms with Crippen molar-refractivity contribution in [3.05, 3.63) is 34.9 Å². The average Bonchev–Trinajstić information content (AvgIpc) is 2.55. The Kier molecular flexibility index (Phi) is 6.54. The maximum atomic E-state index is 12.9. The topological polar surface area (TPSA) is 58.6 Å². The maximum absolute atomic E-state index is 12.9. The highest BCUT2D eigenvalue weighted by atomic mass is 35.5. The summed E-state index contributed by atoms with van der Waals surface area (Å²) in [5.41, 5.74) is 0.874. The number of ether oxygens (including phenoxy) is 1. The van der Waals surface area contributed by atoms with Crippen molar-refractivity contribution in [1.82, 2.24) is 10.2 Å². The Morgan fingerprint density at radius 2 is 2.17 bits per heavy atom. The molecule has 24 heavy (non-hydrogen) atoms. The van der Waals surface area contributed by atoms with Gasteiger partial charge in [0.25, 0.3) is 0 Å². The molecule has 1 aliphatic rings. The highest BCUT2D eigenvalue weighted by Crippen LogP contribution is 2.29. The first-order valence-electron chi connectivity index (χ1n) is 7.81. The zero-order chi connectivity index (χ0) is 17.7. The van der Waals surface area contributed by atoms with E-state index < -0.39 is 10.8 Å². The molecule has 1 N–H and O–H groups in total. The summed E-state index contributed by atoms with van der Waals surface area (Å²) in [6, 6.07) is 6.92. The molecular formula is C17H23ClN2O3S. The SMILES string of the molecule is COCCN(Cc1ccccc1Cl)C(=O)C1CSC(C)(C)C(=O)N1. The van der Waals surface area contributed by atoms with Gasteiger partial charge in [-0.3, -0.25) is 9.59 Å². The molecule has 1 fully saturated rings. The number of benzene rings is 1. The van der Waals surface area contributed by atoms with Crippen LogP contribution in [0.5, 0.6) is 0 Å². The molecule has 1 heterocycles. The number of nitrogens with zero attached hydrogens (tertiary/aromatic N) is 1. The molecule has 1 aromatic rings. The summed E-state index contributed by atoms with van der Waals surface area (Å²) in [6.45, 7) is 4.99. The number of hydrogen-bond donors (Lipinski definition) is 1. The van der Waals surface area contributed by atoms with Crippen LogP contribution in [0.15, 0.2) is 24.3 Å². The smallest absolute Gasteiger partial charge is 0.246 e. The Balaban J connectivity index is 2.11. The van der Waals surface area contributed by atoms with Gasteiger partial charge in [0.15, 0.2) is 0 Å². The lowest BCUT2D eigenvalue weighted by atomic mass is 10.1. The van der Waals surface area contributed by atoms with Crippen molar-refractivity contribution in [1.29, 1.82) is 0 Å². The monoisotopic (exact) mass is 370 g/mol. The Bertz CT molecular complexity index is 609. The minimum atomic E-state index is -0.519. The number of halogens is 1. The molecule has 0 spiro atoms. The number of rotatable bonds is 6. The number of nitrogens with one attached hydrogen (secondary N) is 1. The van der Waals surface area contributed by atoms with E-state index in [2.05, 4.69) is 5.32 Å². The van der Waals surface area contributed by atoms with Crippen LogP contribution in [0.3, 0.4) is 0 Å². The second kappa shape index (κ2) is 8.23. The van der Waals surface area contributed by atoms with Crippen LogP contribution in [0, 0.1) is 0 Å². The number of hydrogen-bond acceptors (Lipinski definition) is 4. The molecule has 1 saturated heterocycles. The zero-order valence-electron chi connectivity index (χ0n) is 14.2. The Hall–Kier alpha value is -1.24. The molecule has 0 aliphatic carbocycles. The normalized spacial score (nSPS) is 19.7. The fourth-order valence-corrected chi connectivity index (χ4v) is 3.58. The summed E-state index contributed by atoms with van der Waals surface area (Å²) in [4.78, 5) is 26.7. The summed E-state index contributed by atoms with van der Waals surface area (Å²) in [7, 11) is 1.60. The maximum Gasteiger partial charge on any atom is 0.246 e. The van der Waals surface area contributed by atoms with Crippen molar-refractivity contribution in [2.24, 2.45) is 0 Å². The third kappa shape index (κ3) is 4.65. The lowest BCUT2D eigenvalue weighted by molar-refractivity contribution is -0.137. The zero-order valence-corrected chi connectivity index (χ0v) is 15.7. The first kappa shape index (κ1) is 19.1. The van der Waals surface area contributed by atoms with Gasteiger partial charge < -0.3 is 15.0 Å². The molecule has 1 aromatic carbocycles. The molecule has 5 nitrogen and oxygen atoms in total. The van der Waals surface area contributed by atoms with Gasteiger partial charge in [0, 0.05) is 31.0 Å². The quantitative estimate of drug-likeness (QED) is 0.834. The Morgan fingerprint density at radius 1 is 1.46 bits per heavy atom. The van der Waals surface area contributed by atoms with E-state index in [0.717, 1.165) is 5.56 Å². The molecule has 0 bridgehead atoms. The molecule has 2 rings (SSSR count). The molecule has 1 aliphatic heterocycles. The van der Waals surface area contributed by atoms with E-state index in [4.69, 9.17) is 16.3 Å². The van der Waals surface area contributed by atoms with E-state index in [1.807, 2.05) is 32.0 Å². The number of thioether (sulfide) groups is 1. The number of methoxy groups -OCH3 is 1. The fourth-order valence-electron chi connectivity index (χ4n) is 2.39. The predicted octanol–water partition coefficient (Wildman–Crippen LogP) is 2.33. The molecule has 0 saturated carbocycles. The van der Waals surface area contributed by atoms with Crippen molar-refractivity contribution < 1.29 is 14.3 Å². The van der Waals surface area contributed by atoms with Crippen molar-refractivity contribution >= 4 is 35.2 Å². The van der Waals surface area contributed by atoms with Crippen LogP contribution in [-0.4, -0.2) is 53.5 Å². The Labute approximate surface area is 152 Å². The molecule has 2 amide bonds. The van der Waals surface area contributed by atoms with E-state index in [1.54, 1.807) is 18.1 Å². The highest BCUT2D eigenvalue weighted by molar-refractivity contribution is 8.01. The molecule has 7 heteroatoms. The van der Waals surface area contributed by atoms with Crippen molar-refractivity contribution in [2.75, 3.05) is 26.0 Å². The van der Waals surface area contributed by atoms with Crippen LogP contribution in [0.4, 0.5) is 0 Å². The van der Waals surface area contributed by atoms with Gasteiger partial charge in [-0.05, 0) is 25.5 Å². The molecule has 0 radical (unpaired) electrons. The first-order valence-corrected chi connectivity index (χ1v) is 9.17. The second-order valence-corrected chi connectivity index (χ2v) is 8.24. The molecular weight excluding hydrogens is 348 g/mol. The summed E-state index contributed by atoms with van der Waals surface area (Å²) < 4.78 is 4.61. The van der Waals surface area contributed by atoms with Gasteiger partial charge in [0.1, 0.15) is 6.04 Å². The van der Waals surface area contributed by atoms with Gasteiger partial charge in [-0.25, -0.2) is 0 Å². The molecule has 132 valence electrons. The summed E-state index contributed by atoms with van der Waals surface area (Å²) in [5, 5.41) is 3.46. The number of carbonyl (C=O) groups is 2. The van der Waals surface area contributed by atoms with Crippen LogP contribution < -0.4 is 5.32 Å². The first-order chi connectivity index (χ1) is 11.3. The van der Waals surface area contributed by atoms with Crippen LogP contribution in [0.25, 0.3) is 0 Å². The van der Waals surface area contributed by atoms with E-state index >= 15 is 0 Å². The number of carbonyl (C=O) groups excluding carboxylic acids is 2. The third-order valence-corrected chi connectivity index (χ3v) is 5.73. The minimum absolute atomic E-state index is 0.108. The largest absolute Gasteiger partial charge is 0.383 e. The predicted molar refractivity (Wildman–Crippen MR) is 97.2 cm³/mol. The van der Waals surface area contributed by atoms with E-state index in [0.29, 0.717) is 30.5 Å². The van der Waals surface area contributed by atoms with Crippen molar-refractivity contribution in [3.63, 3.8) is 0 Å². The van der Waals surface area contributed by atoms with Gasteiger partial charge in [0.2, 0.25) is 11.8 Å². The van der Waals surface area contributed by atoms with Crippen LogP contribution in [-0.2, 0) is 20.9 Å². The second-order valence-electron chi connectivity index (χ2n) is 6.19. The van der Waals surface area contributed by atoms with E-state index in [-0.39, 0.29) is 11.8 Å². The highest BCUT2D eigenvalue weighted by Gasteiger charge is 2.39. The van der Waals surface area contributed by atoms with Crippen LogP contribution >= 0.6 is 23.4 Å². The third-order valence-electron chi connectivity index (χ3n) is 3.96. The average molecular weight is 371 g/mol. The molecule has 1 unspecified atom stereocenters. The lowest BCUT2D eigenvalue weighted by Crippen LogP contribution is -2.58. The number of amides is 2. The van der Waals surface area contributed by atoms with E-state index in [1.165, 1.54) is 11.8 Å². The fraction of sp³-hybridized carbons (Fsp3) is 0.529. The lowest BCUT2D eigenvalue weighted by Gasteiger charge is -2.35. The van der Waals surface area contributed by atoms with Gasteiger partial charge >= 0.3 is 0 Å². The van der Waals surface area contributed by atoms with Crippen molar-refractivity contribution in [2.45, 2.75) is 31.2 Å². The minimum Gasteiger partial charge on any atom is -0.383 e. The van der Waals surface area contributed by atoms with E-state index in [9.17, 15) is 9.59 Å². The summed E-state index contributed by atoms with van der Waals surface area (Å²) in [6.07, 6.45) is 0. The van der Waals surface area contributed by atoms with Crippen LogP contribution in [0.2, 0.25) is 5.02 Å². The van der Waals surface area contributed by atoms with Gasteiger partial charge in [-0.1, -0.05) is 29.8 Å². The molecule has 0 aromatic heterocycles.